The molecule has 0 saturated carbocycles. The van der Waals surface area contributed by atoms with Gasteiger partial charge in [-0.15, -0.1) is 0 Å². The largest absolute Gasteiger partial charge is 0.300 e. The van der Waals surface area contributed by atoms with Crippen LogP contribution in [0.15, 0.2) is 0 Å². The molecule has 0 unspecified atom stereocenters. The van der Waals surface area contributed by atoms with Gasteiger partial charge in [-0.05, 0) is 45.1 Å². The Bertz CT molecular complexity index is 361. The first-order chi connectivity index (χ1) is 8.53. The van der Waals surface area contributed by atoms with Crippen LogP contribution in [0.3, 0.4) is 0 Å². The van der Waals surface area contributed by atoms with Crippen molar-refractivity contribution in [2.45, 2.75) is 45.6 Å². The molecule has 1 atom stereocenters. The highest BCUT2D eigenvalue weighted by molar-refractivity contribution is 7.89. The van der Waals surface area contributed by atoms with Gasteiger partial charge in [0.15, 0.2) is 0 Å². The molecule has 0 N–H and O–H groups in total. The second-order valence-corrected chi connectivity index (χ2v) is 8.03. The summed E-state index contributed by atoms with van der Waals surface area (Å²) in [6, 6.07) is 0.607. The number of hydrogen-bond acceptors (Lipinski definition) is 3. The molecule has 0 bridgehead atoms. The molecule has 0 aromatic heterocycles. The zero-order chi connectivity index (χ0) is 13.2. The molecular weight excluding hydrogens is 248 g/mol. The van der Waals surface area contributed by atoms with Gasteiger partial charge in [0.2, 0.25) is 10.0 Å². The summed E-state index contributed by atoms with van der Waals surface area (Å²) >= 11 is 0. The number of piperidine rings is 2. The minimum atomic E-state index is -2.97. The van der Waals surface area contributed by atoms with Crippen LogP contribution in [0.5, 0.6) is 0 Å². The molecule has 0 amide bonds. The molecule has 2 fully saturated rings. The van der Waals surface area contributed by atoms with Gasteiger partial charge in [0, 0.05) is 25.7 Å². The van der Waals surface area contributed by atoms with E-state index >= 15 is 0 Å². The van der Waals surface area contributed by atoms with Crippen molar-refractivity contribution in [3.8, 4) is 0 Å². The Morgan fingerprint density at radius 2 is 1.78 bits per heavy atom. The van der Waals surface area contributed by atoms with Crippen LogP contribution in [0.25, 0.3) is 0 Å². The highest BCUT2D eigenvalue weighted by Gasteiger charge is 2.31. The van der Waals surface area contributed by atoms with Crippen molar-refractivity contribution in [1.29, 1.82) is 0 Å². The number of hydrogen-bond donors (Lipinski definition) is 0. The number of likely N-dealkylation sites (tertiary alicyclic amines) is 1. The van der Waals surface area contributed by atoms with Crippen molar-refractivity contribution in [1.82, 2.24) is 9.21 Å². The summed E-state index contributed by atoms with van der Waals surface area (Å²) in [4.78, 5) is 2.59. The van der Waals surface area contributed by atoms with E-state index in [1.165, 1.54) is 25.9 Å². The van der Waals surface area contributed by atoms with E-state index < -0.39 is 10.0 Å². The van der Waals surface area contributed by atoms with Crippen LogP contribution >= 0.6 is 0 Å². The molecule has 0 spiro atoms. The van der Waals surface area contributed by atoms with Crippen LogP contribution in [-0.4, -0.2) is 55.6 Å². The molecule has 0 radical (unpaired) electrons. The van der Waals surface area contributed by atoms with Crippen LogP contribution in [0.1, 0.15) is 39.5 Å². The third kappa shape index (κ3) is 3.25. The Hall–Kier alpha value is -0.130. The van der Waals surface area contributed by atoms with E-state index in [9.17, 15) is 8.42 Å². The fraction of sp³-hybridized carbons (Fsp3) is 1.00. The van der Waals surface area contributed by atoms with Crippen LogP contribution in [0.4, 0.5) is 0 Å². The lowest BCUT2D eigenvalue weighted by atomic mass is 9.96. The number of nitrogens with zero attached hydrogens (tertiary/aromatic N) is 2. The van der Waals surface area contributed by atoms with Gasteiger partial charge >= 0.3 is 0 Å². The normalized spacial score (nSPS) is 29.6. The lowest BCUT2D eigenvalue weighted by Gasteiger charge is -2.41. The smallest absolute Gasteiger partial charge is 0.213 e. The van der Waals surface area contributed by atoms with Crippen molar-refractivity contribution in [3.63, 3.8) is 0 Å². The quantitative estimate of drug-likeness (QED) is 0.784. The van der Waals surface area contributed by atoms with Gasteiger partial charge in [0.05, 0.1) is 5.75 Å². The van der Waals surface area contributed by atoms with Crippen LogP contribution < -0.4 is 0 Å². The van der Waals surface area contributed by atoms with Gasteiger partial charge < -0.3 is 4.90 Å². The molecule has 0 aromatic rings. The SMILES string of the molecule is CCS(=O)(=O)N1CCC(N2CCC[C@@H](C)C2)CC1. The second kappa shape index (κ2) is 5.88. The van der Waals surface area contributed by atoms with Crippen LogP contribution in [0.2, 0.25) is 0 Å². The molecule has 18 heavy (non-hydrogen) atoms. The molecule has 106 valence electrons. The van der Waals surface area contributed by atoms with Gasteiger partial charge in [0.25, 0.3) is 0 Å². The van der Waals surface area contributed by atoms with Crippen molar-refractivity contribution < 1.29 is 8.42 Å². The maximum Gasteiger partial charge on any atom is 0.213 e. The molecule has 2 rings (SSSR count). The van der Waals surface area contributed by atoms with E-state index in [2.05, 4.69) is 11.8 Å². The lowest BCUT2D eigenvalue weighted by molar-refractivity contribution is 0.0944. The molecule has 2 aliphatic rings. The maximum absolute atomic E-state index is 11.8. The monoisotopic (exact) mass is 274 g/mol. The van der Waals surface area contributed by atoms with Gasteiger partial charge in [-0.25, -0.2) is 12.7 Å². The predicted octanol–water partition coefficient (Wildman–Crippen LogP) is 1.53. The predicted molar refractivity (Wildman–Crippen MR) is 74.0 cm³/mol. The zero-order valence-electron chi connectivity index (χ0n) is 11.6. The Balaban J connectivity index is 1.86. The Labute approximate surface area is 111 Å². The van der Waals surface area contributed by atoms with Gasteiger partial charge in [-0.1, -0.05) is 6.92 Å². The maximum atomic E-state index is 11.8. The van der Waals surface area contributed by atoms with Crippen LogP contribution in [-0.2, 0) is 10.0 Å². The number of rotatable bonds is 3. The first-order valence-electron chi connectivity index (χ1n) is 7.25. The van der Waals surface area contributed by atoms with Gasteiger partial charge in [0.1, 0.15) is 0 Å². The summed E-state index contributed by atoms with van der Waals surface area (Å²) in [5.41, 5.74) is 0. The molecule has 5 heteroatoms. The zero-order valence-corrected chi connectivity index (χ0v) is 12.5. The van der Waals surface area contributed by atoms with Crippen molar-refractivity contribution in [3.05, 3.63) is 0 Å². The summed E-state index contributed by atoms with van der Waals surface area (Å²) in [5.74, 6) is 1.04. The Kier molecular flexibility index (Phi) is 4.67. The third-order valence-corrected chi connectivity index (χ3v) is 6.27. The summed E-state index contributed by atoms with van der Waals surface area (Å²) in [6.07, 6.45) is 4.66. The van der Waals surface area contributed by atoms with E-state index in [-0.39, 0.29) is 5.75 Å². The summed E-state index contributed by atoms with van der Waals surface area (Å²) in [5, 5.41) is 0. The molecule has 2 aliphatic heterocycles. The highest BCUT2D eigenvalue weighted by Crippen LogP contribution is 2.24. The molecule has 2 saturated heterocycles. The summed E-state index contributed by atoms with van der Waals surface area (Å²) in [6.45, 7) is 7.88. The van der Waals surface area contributed by atoms with E-state index in [1.54, 1.807) is 11.2 Å². The molecule has 0 aromatic carbocycles. The molecule has 0 aliphatic carbocycles. The first-order valence-corrected chi connectivity index (χ1v) is 8.85. The molecule has 4 nitrogen and oxygen atoms in total. The molecular formula is C13H26N2O2S. The highest BCUT2D eigenvalue weighted by atomic mass is 32.2. The second-order valence-electron chi connectivity index (χ2n) is 5.77. The van der Waals surface area contributed by atoms with Gasteiger partial charge in [-0.3, -0.25) is 0 Å². The van der Waals surface area contributed by atoms with Crippen molar-refractivity contribution in [2.75, 3.05) is 31.9 Å². The third-order valence-electron chi connectivity index (χ3n) is 4.39. The van der Waals surface area contributed by atoms with Crippen molar-refractivity contribution >= 4 is 10.0 Å². The van der Waals surface area contributed by atoms with E-state index in [4.69, 9.17) is 0 Å². The minimum Gasteiger partial charge on any atom is -0.300 e. The summed E-state index contributed by atoms with van der Waals surface area (Å²) in [7, 11) is -2.97. The Morgan fingerprint density at radius 1 is 1.11 bits per heavy atom. The van der Waals surface area contributed by atoms with Crippen molar-refractivity contribution in [2.24, 2.45) is 5.92 Å². The fourth-order valence-corrected chi connectivity index (χ4v) is 4.36. The fourth-order valence-electron chi connectivity index (χ4n) is 3.23. The van der Waals surface area contributed by atoms with E-state index in [1.807, 2.05) is 0 Å². The van der Waals surface area contributed by atoms with E-state index in [0.29, 0.717) is 19.1 Å². The van der Waals surface area contributed by atoms with Crippen LogP contribution in [0, 0.1) is 5.92 Å². The summed E-state index contributed by atoms with van der Waals surface area (Å²) < 4.78 is 25.3. The number of sulfonamides is 1. The minimum absolute atomic E-state index is 0.235. The molecule has 2 heterocycles. The standard InChI is InChI=1S/C13H26N2O2S/c1-3-18(16,17)15-9-6-13(7-10-15)14-8-4-5-12(2)11-14/h12-13H,3-11H2,1-2H3/t12-/m1/s1. The first kappa shape index (κ1) is 14.3. The van der Waals surface area contributed by atoms with Gasteiger partial charge in [-0.2, -0.15) is 0 Å². The topological polar surface area (TPSA) is 40.6 Å². The average Bonchev–Trinajstić information content (AvgIpc) is 2.39. The lowest BCUT2D eigenvalue weighted by Crippen LogP contribution is -2.49. The van der Waals surface area contributed by atoms with E-state index in [0.717, 1.165) is 18.8 Å². The Morgan fingerprint density at radius 3 is 2.33 bits per heavy atom. The average molecular weight is 274 g/mol.